The Balaban J connectivity index is 1.05. The highest BCUT2D eigenvalue weighted by Crippen LogP contribution is 2.63. The maximum atomic E-state index is 2.55. The summed E-state index contributed by atoms with van der Waals surface area (Å²) in [6.07, 6.45) is 0. The minimum Gasteiger partial charge on any atom is -0.310 e. The second-order valence-electron chi connectivity index (χ2n) is 17.2. The van der Waals surface area contributed by atoms with Gasteiger partial charge in [-0.3, -0.25) is 0 Å². The van der Waals surface area contributed by atoms with E-state index in [-0.39, 0.29) is 5.41 Å². The van der Waals surface area contributed by atoms with Crippen molar-refractivity contribution in [2.24, 2.45) is 0 Å². The van der Waals surface area contributed by atoms with Gasteiger partial charge in [-0.15, -0.1) is 0 Å². The zero-order valence-corrected chi connectivity index (χ0v) is 35.1. The molecule has 0 amide bonds. The van der Waals surface area contributed by atoms with E-state index in [1.54, 1.807) is 0 Å². The third-order valence-corrected chi connectivity index (χ3v) is 13.4. The van der Waals surface area contributed by atoms with Crippen molar-refractivity contribution in [3.05, 3.63) is 240 Å². The number of aryl methyl sites for hydroxylation is 2. The molecule has 0 spiro atoms. The Kier molecular flexibility index (Phi) is 8.14. The SMILES string of the molecule is Cc1cc(C)cc(N(c2ccc(-c3ccc4c(c3)C3(C)c5ccccc5-c5cccc(c53)N4c3cc(-c4ccccc4)cc4ccccc34)cc2)c2cccc3ccccc23)c1. The molecule has 1 atom stereocenters. The zero-order valence-electron chi connectivity index (χ0n) is 35.1. The lowest BCUT2D eigenvalue weighted by Crippen LogP contribution is -2.32. The van der Waals surface area contributed by atoms with Gasteiger partial charge in [0.25, 0.3) is 0 Å². The van der Waals surface area contributed by atoms with Crippen molar-refractivity contribution in [1.82, 2.24) is 0 Å². The fourth-order valence-corrected chi connectivity index (χ4v) is 10.7. The van der Waals surface area contributed by atoms with Crippen LogP contribution in [0, 0.1) is 13.8 Å². The molecule has 2 heteroatoms. The molecule has 10 aromatic carbocycles. The Morgan fingerprint density at radius 2 is 1.03 bits per heavy atom. The summed E-state index contributed by atoms with van der Waals surface area (Å²) in [4.78, 5) is 4.97. The minimum atomic E-state index is -0.356. The molecule has 0 fully saturated rings. The van der Waals surface area contributed by atoms with Crippen molar-refractivity contribution in [1.29, 1.82) is 0 Å². The van der Waals surface area contributed by atoms with Gasteiger partial charge in [-0.2, -0.15) is 0 Å². The fourth-order valence-electron chi connectivity index (χ4n) is 10.7. The normalized spacial score (nSPS) is 14.7. The standard InChI is InChI=1S/C60H44N2/c1-39-33-40(2)35-48(34-39)61(55-25-13-19-43-17-7-9-20-49(43)55)47-30-27-42(28-31-47)44-29-32-56-54(37-44)60(3)53-24-12-11-22-51(53)52-23-14-26-57(59(52)60)62(56)58-38-46(41-15-5-4-6-16-41)36-45-18-8-10-21-50(45)58/h4-38H,1-3H3. The van der Waals surface area contributed by atoms with Gasteiger partial charge in [-0.25, -0.2) is 0 Å². The van der Waals surface area contributed by atoms with Gasteiger partial charge in [0.15, 0.2) is 0 Å². The number of nitrogens with zero attached hydrogens (tertiary/aromatic N) is 2. The molecular weight excluding hydrogens is 749 g/mol. The summed E-state index contributed by atoms with van der Waals surface area (Å²) in [7, 11) is 0. The first kappa shape index (κ1) is 36.2. The van der Waals surface area contributed by atoms with Gasteiger partial charge >= 0.3 is 0 Å². The number of anilines is 6. The molecule has 62 heavy (non-hydrogen) atoms. The van der Waals surface area contributed by atoms with E-state index in [2.05, 4.69) is 243 Å². The van der Waals surface area contributed by atoms with Crippen LogP contribution in [-0.4, -0.2) is 0 Å². The average Bonchev–Trinajstić information content (AvgIpc) is 3.58. The van der Waals surface area contributed by atoms with Crippen LogP contribution in [0.4, 0.5) is 34.1 Å². The van der Waals surface area contributed by atoms with Crippen molar-refractivity contribution < 1.29 is 0 Å². The largest absolute Gasteiger partial charge is 0.310 e. The summed E-state index contributed by atoms with van der Waals surface area (Å²) in [5.74, 6) is 0. The number of rotatable bonds is 6. The number of hydrogen-bond acceptors (Lipinski definition) is 2. The summed E-state index contributed by atoms with van der Waals surface area (Å²) in [5, 5.41) is 4.91. The molecule has 2 nitrogen and oxygen atoms in total. The number of benzene rings is 10. The molecule has 0 aromatic heterocycles. The third-order valence-electron chi connectivity index (χ3n) is 13.4. The van der Waals surface area contributed by atoms with Crippen LogP contribution < -0.4 is 9.80 Å². The smallest absolute Gasteiger partial charge is 0.0546 e. The molecule has 2 aliphatic rings. The van der Waals surface area contributed by atoms with Gasteiger partial charge in [0.2, 0.25) is 0 Å². The second-order valence-corrected chi connectivity index (χ2v) is 17.2. The molecule has 0 saturated carbocycles. The minimum absolute atomic E-state index is 0.356. The van der Waals surface area contributed by atoms with Crippen LogP contribution in [0.15, 0.2) is 212 Å². The first-order valence-corrected chi connectivity index (χ1v) is 21.7. The van der Waals surface area contributed by atoms with E-state index in [0.29, 0.717) is 0 Å². The molecule has 12 rings (SSSR count). The highest BCUT2D eigenvalue weighted by Gasteiger charge is 2.48. The average molecular weight is 793 g/mol. The van der Waals surface area contributed by atoms with Gasteiger partial charge in [0.05, 0.1) is 22.7 Å². The van der Waals surface area contributed by atoms with Gasteiger partial charge < -0.3 is 9.80 Å². The van der Waals surface area contributed by atoms with Gasteiger partial charge in [-0.05, 0) is 153 Å². The molecule has 1 unspecified atom stereocenters. The molecule has 0 N–H and O–H groups in total. The molecule has 0 saturated heterocycles. The Morgan fingerprint density at radius 1 is 0.387 bits per heavy atom. The summed E-state index contributed by atoms with van der Waals surface area (Å²) in [5.41, 5.74) is 20.7. The zero-order chi connectivity index (χ0) is 41.5. The predicted molar refractivity (Wildman–Crippen MR) is 262 cm³/mol. The molecule has 1 aliphatic heterocycles. The Morgan fingerprint density at radius 3 is 1.85 bits per heavy atom. The molecule has 0 bridgehead atoms. The second kappa shape index (κ2) is 13.9. The summed E-state index contributed by atoms with van der Waals surface area (Å²) < 4.78 is 0. The predicted octanol–water partition coefficient (Wildman–Crippen LogP) is 16.5. The molecule has 10 aromatic rings. The van der Waals surface area contributed by atoms with Crippen LogP contribution in [0.2, 0.25) is 0 Å². The van der Waals surface area contributed by atoms with Crippen LogP contribution >= 0.6 is 0 Å². The molecular formula is C60H44N2. The Labute approximate surface area is 363 Å². The highest BCUT2D eigenvalue weighted by atomic mass is 15.2. The van der Waals surface area contributed by atoms with Crippen LogP contribution in [0.1, 0.15) is 34.7 Å². The lowest BCUT2D eigenvalue weighted by Gasteiger charge is -2.43. The molecule has 1 aliphatic carbocycles. The van der Waals surface area contributed by atoms with Crippen LogP contribution in [0.3, 0.4) is 0 Å². The van der Waals surface area contributed by atoms with E-state index in [1.807, 2.05) is 0 Å². The lowest BCUT2D eigenvalue weighted by molar-refractivity contribution is 0.702. The van der Waals surface area contributed by atoms with Crippen molar-refractivity contribution in [3.8, 4) is 33.4 Å². The maximum absolute atomic E-state index is 2.55. The quantitative estimate of drug-likeness (QED) is 0.165. The Hall–Kier alpha value is -7.68. The van der Waals surface area contributed by atoms with E-state index >= 15 is 0 Å². The third kappa shape index (κ3) is 5.50. The molecule has 294 valence electrons. The molecule has 0 radical (unpaired) electrons. The summed E-state index contributed by atoms with van der Waals surface area (Å²) in [6.45, 7) is 6.82. The summed E-state index contributed by atoms with van der Waals surface area (Å²) >= 11 is 0. The number of hydrogen-bond donors (Lipinski definition) is 0. The van der Waals surface area contributed by atoms with Crippen LogP contribution in [-0.2, 0) is 5.41 Å². The van der Waals surface area contributed by atoms with Crippen LogP contribution in [0.25, 0.3) is 54.9 Å². The fraction of sp³-hybridized carbons (Fsp3) is 0.0667. The Bertz CT molecular complexity index is 3370. The van der Waals surface area contributed by atoms with Crippen molar-refractivity contribution in [2.75, 3.05) is 9.80 Å². The van der Waals surface area contributed by atoms with E-state index in [0.717, 1.165) is 11.4 Å². The van der Waals surface area contributed by atoms with E-state index in [9.17, 15) is 0 Å². The maximum Gasteiger partial charge on any atom is 0.0546 e. The first-order chi connectivity index (χ1) is 30.4. The van der Waals surface area contributed by atoms with Crippen LogP contribution in [0.5, 0.6) is 0 Å². The topological polar surface area (TPSA) is 6.48 Å². The van der Waals surface area contributed by atoms with Gasteiger partial charge in [0, 0.05) is 27.6 Å². The van der Waals surface area contributed by atoms with Crippen molar-refractivity contribution in [3.63, 3.8) is 0 Å². The van der Waals surface area contributed by atoms with E-state index < -0.39 is 0 Å². The lowest BCUT2D eigenvalue weighted by atomic mass is 9.70. The summed E-state index contributed by atoms with van der Waals surface area (Å²) in [6, 6.07) is 78.8. The van der Waals surface area contributed by atoms with Crippen molar-refractivity contribution in [2.45, 2.75) is 26.2 Å². The van der Waals surface area contributed by atoms with Gasteiger partial charge in [-0.1, -0.05) is 152 Å². The van der Waals surface area contributed by atoms with E-state index in [4.69, 9.17) is 0 Å². The molecule has 1 heterocycles. The van der Waals surface area contributed by atoms with Gasteiger partial charge in [0.1, 0.15) is 0 Å². The highest BCUT2D eigenvalue weighted by molar-refractivity contribution is 6.06. The van der Waals surface area contributed by atoms with E-state index in [1.165, 1.54) is 105 Å². The number of fused-ring (bicyclic) bond motifs is 7. The van der Waals surface area contributed by atoms with Crippen molar-refractivity contribution >= 4 is 55.7 Å². The first-order valence-electron chi connectivity index (χ1n) is 21.7. The monoisotopic (exact) mass is 792 g/mol.